The van der Waals surface area contributed by atoms with Crippen LogP contribution < -0.4 is 16.0 Å². The number of nitrogens with one attached hydrogen (secondary N) is 3. The zero-order valence-corrected chi connectivity index (χ0v) is 18.2. The SMILES string of the molecule is O=C(Nc1ccc(F)cc1F)NC1CC2C(=O)NCC(CCC(=O)N3CCC(O)CC3)N2C1. The Morgan fingerprint density at radius 2 is 1.97 bits per heavy atom. The highest BCUT2D eigenvalue weighted by molar-refractivity contribution is 5.90. The van der Waals surface area contributed by atoms with Crippen LogP contribution >= 0.6 is 0 Å². The van der Waals surface area contributed by atoms with Crippen LogP contribution in [0.15, 0.2) is 18.2 Å². The molecule has 180 valence electrons. The van der Waals surface area contributed by atoms with Gasteiger partial charge in [-0.25, -0.2) is 13.6 Å². The minimum Gasteiger partial charge on any atom is -0.393 e. The van der Waals surface area contributed by atoms with E-state index in [0.717, 1.165) is 12.1 Å². The molecule has 3 aliphatic heterocycles. The number of nitrogens with zero attached hydrogens (tertiary/aromatic N) is 2. The molecule has 1 aromatic rings. The lowest BCUT2D eigenvalue weighted by atomic mass is 10.0. The van der Waals surface area contributed by atoms with Gasteiger partial charge in [0.05, 0.1) is 17.8 Å². The number of aliphatic hydroxyl groups is 1. The summed E-state index contributed by atoms with van der Waals surface area (Å²) in [5, 5.41) is 17.6. The second kappa shape index (κ2) is 10.0. The third-order valence-electron chi connectivity index (χ3n) is 6.65. The lowest BCUT2D eigenvalue weighted by molar-refractivity contribution is -0.134. The first kappa shape index (κ1) is 23.4. The number of likely N-dealkylation sites (tertiary alicyclic amines) is 1. The largest absolute Gasteiger partial charge is 0.393 e. The molecular formula is C22H29F2N5O4. The quantitative estimate of drug-likeness (QED) is 0.514. The molecule has 3 atom stereocenters. The molecule has 0 spiro atoms. The van der Waals surface area contributed by atoms with Gasteiger partial charge in [-0.3, -0.25) is 14.5 Å². The molecule has 9 nitrogen and oxygen atoms in total. The van der Waals surface area contributed by atoms with Crippen LogP contribution in [0.2, 0.25) is 0 Å². The van der Waals surface area contributed by atoms with Gasteiger partial charge in [0.15, 0.2) is 0 Å². The van der Waals surface area contributed by atoms with Crippen molar-refractivity contribution in [3.05, 3.63) is 29.8 Å². The number of hydrogen-bond acceptors (Lipinski definition) is 5. The summed E-state index contributed by atoms with van der Waals surface area (Å²) in [6, 6.07) is 1.48. The average molecular weight is 466 g/mol. The Morgan fingerprint density at radius 1 is 1.21 bits per heavy atom. The van der Waals surface area contributed by atoms with Crippen molar-refractivity contribution in [2.24, 2.45) is 0 Å². The number of benzene rings is 1. The fourth-order valence-electron chi connectivity index (χ4n) is 4.85. The molecule has 0 saturated carbocycles. The van der Waals surface area contributed by atoms with Gasteiger partial charge < -0.3 is 26.0 Å². The van der Waals surface area contributed by atoms with Gasteiger partial charge in [-0.2, -0.15) is 0 Å². The van der Waals surface area contributed by atoms with Crippen LogP contribution in [-0.2, 0) is 9.59 Å². The molecule has 3 fully saturated rings. The number of halogens is 2. The maximum absolute atomic E-state index is 13.8. The summed E-state index contributed by atoms with van der Waals surface area (Å²) in [7, 11) is 0. The number of amides is 4. The molecule has 0 radical (unpaired) electrons. The third kappa shape index (κ3) is 5.59. The second-order valence-electron chi connectivity index (χ2n) is 8.92. The molecule has 4 amide bonds. The first-order valence-corrected chi connectivity index (χ1v) is 11.3. The van der Waals surface area contributed by atoms with Crippen molar-refractivity contribution in [3.63, 3.8) is 0 Å². The van der Waals surface area contributed by atoms with Crippen molar-refractivity contribution in [3.8, 4) is 0 Å². The fourth-order valence-corrected chi connectivity index (χ4v) is 4.85. The molecule has 4 rings (SSSR count). The van der Waals surface area contributed by atoms with E-state index in [-0.39, 0.29) is 35.7 Å². The third-order valence-corrected chi connectivity index (χ3v) is 6.65. The van der Waals surface area contributed by atoms with Gasteiger partial charge in [0, 0.05) is 50.7 Å². The summed E-state index contributed by atoms with van der Waals surface area (Å²) in [4.78, 5) is 41.0. The predicted molar refractivity (Wildman–Crippen MR) is 115 cm³/mol. The molecule has 3 unspecified atom stereocenters. The van der Waals surface area contributed by atoms with Gasteiger partial charge in [-0.1, -0.05) is 0 Å². The standard InChI is InChI=1S/C22H29F2N5O4/c23-13-1-3-18(17(24)9-13)27-22(33)26-14-10-19-21(32)25-11-15(29(19)12-14)2-4-20(31)28-7-5-16(30)6-8-28/h1,3,9,14-16,19,30H,2,4-8,10-12H2,(H,25,32)(H2,26,27,33). The monoisotopic (exact) mass is 465 g/mol. The first-order valence-electron chi connectivity index (χ1n) is 11.3. The number of aliphatic hydroxyl groups excluding tert-OH is 1. The van der Waals surface area contributed by atoms with Crippen molar-refractivity contribution in [1.82, 2.24) is 20.4 Å². The van der Waals surface area contributed by atoms with Crippen molar-refractivity contribution in [2.75, 3.05) is 31.5 Å². The van der Waals surface area contributed by atoms with Crippen molar-refractivity contribution in [1.29, 1.82) is 0 Å². The van der Waals surface area contributed by atoms with Gasteiger partial charge in [-0.15, -0.1) is 0 Å². The van der Waals surface area contributed by atoms with Crippen LogP contribution in [0.4, 0.5) is 19.3 Å². The zero-order chi connectivity index (χ0) is 23.5. The van der Waals surface area contributed by atoms with Gasteiger partial charge >= 0.3 is 6.03 Å². The van der Waals surface area contributed by atoms with E-state index in [1.54, 1.807) is 4.90 Å². The molecule has 33 heavy (non-hydrogen) atoms. The number of carbonyl (C=O) groups excluding carboxylic acids is 3. The van der Waals surface area contributed by atoms with Crippen LogP contribution in [0.3, 0.4) is 0 Å². The van der Waals surface area contributed by atoms with E-state index in [2.05, 4.69) is 16.0 Å². The molecule has 3 saturated heterocycles. The van der Waals surface area contributed by atoms with Crippen molar-refractivity contribution < 1.29 is 28.3 Å². The van der Waals surface area contributed by atoms with E-state index >= 15 is 0 Å². The summed E-state index contributed by atoms with van der Waals surface area (Å²) in [6.45, 7) is 1.99. The molecule has 1 aromatic carbocycles. The molecular weight excluding hydrogens is 436 g/mol. The van der Waals surface area contributed by atoms with Crippen LogP contribution in [-0.4, -0.2) is 83.2 Å². The number of piperazine rings is 1. The number of anilines is 1. The Bertz CT molecular complexity index is 909. The molecule has 0 bridgehead atoms. The number of urea groups is 1. The number of carbonyl (C=O) groups is 3. The van der Waals surface area contributed by atoms with E-state index in [1.165, 1.54) is 0 Å². The van der Waals surface area contributed by atoms with E-state index in [1.807, 2.05) is 4.90 Å². The Labute approximate surface area is 190 Å². The summed E-state index contributed by atoms with van der Waals surface area (Å²) in [5.41, 5.74) is -0.135. The smallest absolute Gasteiger partial charge is 0.319 e. The summed E-state index contributed by atoms with van der Waals surface area (Å²) < 4.78 is 26.8. The predicted octanol–water partition coefficient (Wildman–Crippen LogP) is 0.791. The van der Waals surface area contributed by atoms with Gasteiger partial charge in [-0.05, 0) is 37.8 Å². The zero-order valence-electron chi connectivity index (χ0n) is 18.2. The minimum atomic E-state index is -0.874. The van der Waals surface area contributed by atoms with E-state index in [0.29, 0.717) is 64.3 Å². The highest BCUT2D eigenvalue weighted by Crippen LogP contribution is 2.26. The number of hydrogen-bond donors (Lipinski definition) is 4. The Balaban J connectivity index is 1.30. The van der Waals surface area contributed by atoms with E-state index < -0.39 is 23.7 Å². The van der Waals surface area contributed by atoms with Crippen LogP contribution in [0.1, 0.15) is 32.1 Å². The summed E-state index contributed by atoms with van der Waals surface area (Å²) in [6.07, 6.45) is 2.18. The Kier molecular flexibility index (Phi) is 7.08. The molecule has 3 aliphatic rings. The number of fused-ring (bicyclic) bond motifs is 1. The molecule has 3 heterocycles. The van der Waals surface area contributed by atoms with Crippen molar-refractivity contribution >= 4 is 23.5 Å². The highest BCUT2D eigenvalue weighted by Gasteiger charge is 2.44. The Hall–Kier alpha value is -2.79. The van der Waals surface area contributed by atoms with Crippen LogP contribution in [0.5, 0.6) is 0 Å². The van der Waals surface area contributed by atoms with Gasteiger partial charge in [0.2, 0.25) is 11.8 Å². The Morgan fingerprint density at radius 3 is 2.70 bits per heavy atom. The number of rotatable bonds is 5. The topological polar surface area (TPSA) is 114 Å². The average Bonchev–Trinajstić information content (AvgIpc) is 3.20. The van der Waals surface area contributed by atoms with E-state index in [9.17, 15) is 28.3 Å². The van der Waals surface area contributed by atoms with Crippen LogP contribution in [0, 0.1) is 11.6 Å². The van der Waals surface area contributed by atoms with Crippen molar-refractivity contribution in [2.45, 2.75) is 56.3 Å². The molecule has 4 N–H and O–H groups in total. The molecule has 0 aliphatic carbocycles. The first-order chi connectivity index (χ1) is 15.8. The highest BCUT2D eigenvalue weighted by atomic mass is 19.1. The lowest BCUT2D eigenvalue weighted by Crippen LogP contribution is -2.58. The van der Waals surface area contributed by atoms with Crippen LogP contribution in [0.25, 0.3) is 0 Å². The minimum absolute atomic E-state index is 0.0311. The molecule has 0 aromatic heterocycles. The fraction of sp³-hybridized carbons (Fsp3) is 0.591. The van der Waals surface area contributed by atoms with E-state index in [4.69, 9.17) is 0 Å². The second-order valence-corrected chi connectivity index (χ2v) is 8.92. The molecule has 11 heteroatoms. The van der Waals surface area contributed by atoms with Gasteiger partial charge in [0.1, 0.15) is 11.6 Å². The summed E-state index contributed by atoms with van der Waals surface area (Å²) in [5.74, 6) is -1.68. The summed E-state index contributed by atoms with van der Waals surface area (Å²) >= 11 is 0. The normalized spacial score (nSPS) is 26.0. The van der Waals surface area contributed by atoms with Gasteiger partial charge in [0.25, 0.3) is 0 Å². The lowest BCUT2D eigenvalue weighted by Gasteiger charge is -2.37. The maximum Gasteiger partial charge on any atom is 0.319 e. The number of piperidine rings is 1. The maximum atomic E-state index is 13.8.